The van der Waals surface area contributed by atoms with Crippen molar-refractivity contribution in [1.82, 2.24) is 19.6 Å². The van der Waals surface area contributed by atoms with E-state index in [4.69, 9.17) is 4.74 Å². The number of nitrogens with one attached hydrogen (secondary N) is 1. The Hall–Kier alpha value is -1.85. The zero-order chi connectivity index (χ0) is 11.7. The molecule has 1 N–H and O–H groups in total. The predicted octanol–water partition coefficient (Wildman–Crippen LogP) is 0.687. The highest BCUT2D eigenvalue weighted by Crippen LogP contribution is 2.09. The van der Waals surface area contributed by atoms with Gasteiger partial charge in [-0.1, -0.05) is 6.92 Å². The minimum absolute atomic E-state index is 0.125. The highest BCUT2D eigenvalue weighted by Gasteiger charge is 2.12. The van der Waals surface area contributed by atoms with E-state index >= 15 is 0 Å². The number of aromatic nitrogens is 4. The molecule has 0 spiro atoms. The number of rotatable bonds is 3. The quantitative estimate of drug-likeness (QED) is 0.829. The summed E-state index contributed by atoms with van der Waals surface area (Å²) < 4.78 is 6.83. The van der Waals surface area contributed by atoms with Gasteiger partial charge in [-0.05, 0) is 20.3 Å². The molecule has 0 unspecified atom stereocenters. The van der Waals surface area contributed by atoms with Crippen molar-refractivity contribution in [3.8, 4) is 6.01 Å². The van der Waals surface area contributed by atoms with E-state index in [1.165, 1.54) is 0 Å². The lowest BCUT2D eigenvalue weighted by Gasteiger charge is -2.02. The fourth-order valence-electron chi connectivity index (χ4n) is 1.65. The molecule has 6 heteroatoms. The summed E-state index contributed by atoms with van der Waals surface area (Å²) in [4.78, 5) is 18.4. The van der Waals surface area contributed by atoms with Gasteiger partial charge >= 0.3 is 6.01 Å². The molecule has 0 saturated carbocycles. The van der Waals surface area contributed by atoms with Crippen molar-refractivity contribution in [2.24, 2.45) is 0 Å². The fraction of sp³-hybridized carbons (Fsp3) is 0.500. The molecule has 2 aromatic heterocycles. The maximum atomic E-state index is 11.6. The number of fused-ring (bicyclic) bond motifs is 1. The summed E-state index contributed by atoms with van der Waals surface area (Å²) in [6, 6.07) is 0.290. The van der Waals surface area contributed by atoms with E-state index < -0.39 is 0 Å². The number of hydrogen-bond acceptors (Lipinski definition) is 4. The van der Waals surface area contributed by atoms with E-state index in [1.54, 1.807) is 11.4 Å². The molecule has 2 aromatic rings. The van der Waals surface area contributed by atoms with E-state index in [1.807, 2.05) is 13.8 Å². The summed E-state index contributed by atoms with van der Waals surface area (Å²) in [5, 5.41) is 4.19. The van der Waals surface area contributed by atoms with Crippen LogP contribution in [0.5, 0.6) is 6.01 Å². The maximum Gasteiger partial charge on any atom is 0.337 e. The summed E-state index contributed by atoms with van der Waals surface area (Å²) >= 11 is 0. The van der Waals surface area contributed by atoms with E-state index in [0.717, 1.165) is 12.1 Å². The van der Waals surface area contributed by atoms with Crippen LogP contribution in [0.4, 0.5) is 0 Å². The molecule has 16 heavy (non-hydrogen) atoms. The molecule has 0 atom stereocenters. The monoisotopic (exact) mass is 222 g/mol. The van der Waals surface area contributed by atoms with Crippen LogP contribution in [-0.2, 0) is 6.42 Å². The van der Waals surface area contributed by atoms with Gasteiger partial charge in [-0.15, -0.1) is 5.10 Å². The van der Waals surface area contributed by atoms with Gasteiger partial charge in [-0.2, -0.15) is 9.50 Å². The zero-order valence-corrected chi connectivity index (χ0v) is 9.57. The van der Waals surface area contributed by atoms with Crippen molar-refractivity contribution in [3.63, 3.8) is 0 Å². The summed E-state index contributed by atoms with van der Waals surface area (Å²) in [5.74, 6) is 0.427. The van der Waals surface area contributed by atoms with Crippen molar-refractivity contribution >= 4 is 5.78 Å². The molecular formula is C10H14N4O2. The molecule has 0 aliphatic rings. The largest absolute Gasteiger partial charge is 0.463 e. The molecule has 0 aromatic carbocycles. The Balaban J connectivity index is 2.71. The van der Waals surface area contributed by atoms with Crippen molar-refractivity contribution in [3.05, 3.63) is 21.6 Å². The number of nitrogens with zero attached hydrogens (tertiary/aromatic N) is 3. The molecule has 86 valence electrons. The number of ether oxygens (including phenoxy) is 1. The lowest BCUT2D eigenvalue weighted by atomic mass is 10.2. The first-order valence-electron chi connectivity index (χ1n) is 5.28. The van der Waals surface area contributed by atoms with E-state index in [9.17, 15) is 4.79 Å². The topological polar surface area (TPSA) is 72.3 Å². The minimum Gasteiger partial charge on any atom is -0.463 e. The van der Waals surface area contributed by atoms with Crippen LogP contribution in [0.3, 0.4) is 0 Å². The van der Waals surface area contributed by atoms with Crippen molar-refractivity contribution < 1.29 is 4.74 Å². The van der Waals surface area contributed by atoms with Gasteiger partial charge in [0.2, 0.25) is 5.78 Å². The SMILES string of the molecule is CCOc1nc2[nH]c(=O)c(C)c(CC)n2n1. The van der Waals surface area contributed by atoms with Gasteiger partial charge in [-0.3, -0.25) is 9.78 Å². The highest BCUT2D eigenvalue weighted by molar-refractivity contribution is 5.33. The first-order chi connectivity index (χ1) is 7.67. The van der Waals surface area contributed by atoms with E-state index in [0.29, 0.717) is 24.0 Å². The summed E-state index contributed by atoms with van der Waals surface area (Å²) in [6.45, 7) is 6.12. The lowest BCUT2D eigenvalue weighted by molar-refractivity contribution is 0.313. The molecule has 2 rings (SSSR count). The fourth-order valence-corrected chi connectivity index (χ4v) is 1.65. The average molecular weight is 222 g/mol. The van der Waals surface area contributed by atoms with Crippen LogP contribution < -0.4 is 10.3 Å². The van der Waals surface area contributed by atoms with Crippen LogP contribution in [0.15, 0.2) is 4.79 Å². The highest BCUT2D eigenvalue weighted by atomic mass is 16.5. The van der Waals surface area contributed by atoms with Crippen molar-refractivity contribution in [1.29, 1.82) is 0 Å². The number of aryl methyl sites for hydroxylation is 1. The van der Waals surface area contributed by atoms with Crippen LogP contribution >= 0.6 is 0 Å². The Morgan fingerprint density at radius 2 is 2.19 bits per heavy atom. The molecule has 0 fully saturated rings. The second kappa shape index (κ2) is 3.96. The van der Waals surface area contributed by atoms with Crippen LogP contribution in [0, 0.1) is 6.92 Å². The molecule has 2 heterocycles. The molecule has 0 aliphatic heterocycles. The summed E-state index contributed by atoms with van der Waals surface area (Å²) in [5.41, 5.74) is 1.40. The summed E-state index contributed by atoms with van der Waals surface area (Å²) in [6.07, 6.45) is 0.723. The third kappa shape index (κ3) is 1.56. The number of H-pyrrole nitrogens is 1. The Kier molecular flexibility index (Phi) is 2.64. The van der Waals surface area contributed by atoms with Crippen LogP contribution in [-0.4, -0.2) is 26.2 Å². The second-order valence-electron chi connectivity index (χ2n) is 3.44. The molecule has 0 saturated heterocycles. The van der Waals surface area contributed by atoms with Crippen molar-refractivity contribution in [2.75, 3.05) is 6.61 Å². The zero-order valence-electron chi connectivity index (χ0n) is 9.57. The number of aromatic amines is 1. The maximum absolute atomic E-state index is 11.6. The molecule has 0 amide bonds. The number of hydrogen-bond donors (Lipinski definition) is 1. The summed E-state index contributed by atoms with van der Waals surface area (Å²) in [7, 11) is 0. The van der Waals surface area contributed by atoms with Gasteiger partial charge in [0.05, 0.1) is 12.3 Å². The average Bonchev–Trinajstić information content (AvgIpc) is 2.62. The third-order valence-electron chi connectivity index (χ3n) is 2.45. The smallest absolute Gasteiger partial charge is 0.337 e. The first-order valence-corrected chi connectivity index (χ1v) is 5.28. The lowest BCUT2D eigenvalue weighted by Crippen LogP contribution is -2.17. The standard InChI is InChI=1S/C10H14N4O2/c1-4-7-6(3)8(15)11-9-12-10(16-5-2)13-14(7)9/h4-5H2,1-3H3,(H,11,12,13,15). The van der Waals surface area contributed by atoms with E-state index in [-0.39, 0.29) is 5.56 Å². The van der Waals surface area contributed by atoms with Crippen LogP contribution in [0.1, 0.15) is 25.1 Å². The predicted molar refractivity (Wildman–Crippen MR) is 58.9 cm³/mol. The second-order valence-corrected chi connectivity index (χ2v) is 3.44. The van der Waals surface area contributed by atoms with Gasteiger partial charge in [0, 0.05) is 5.56 Å². The first kappa shape index (κ1) is 10.7. The van der Waals surface area contributed by atoms with Crippen LogP contribution in [0.2, 0.25) is 0 Å². The van der Waals surface area contributed by atoms with Gasteiger partial charge in [0.1, 0.15) is 0 Å². The molecule has 0 aliphatic carbocycles. The Morgan fingerprint density at radius 1 is 1.44 bits per heavy atom. The van der Waals surface area contributed by atoms with Crippen molar-refractivity contribution in [2.45, 2.75) is 27.2 Å². The molecule has 0 bridgehead atoms. The van der Waals surface area contributed by atoms with Crippen LogP contribution in [0.25, 0.3) is 5.78 Å². The van der Waals surface area contributed by atoms with Gasteiger partial charge in [-0.25, -0.2) is 0 Å². The Morgan fingerprint density at radius 3 is 2.81 bits per heavy atom. The molecule has 0 radical (unpaired) electrons. The molecule has 6 nitrogen and oxygen atoms in total. The third-order valence-corrected chi connectivity index (χ3v) is 2.45. The minimum atomic E-state index is -0.125. The Bertz CT molecular complexity index is 570. The van der Waals surface area contributed by atoms with Gasteiger partial charge < -0.3 is 4.74 Å². The Labute approximate surface area is 92.3 Å². The van der Waals surface area contributed by atoms with Gasteiger partial charge in [0.25, 0.3) is 5.56 Å². The van der Waals surface area contributed by atoms with Gasteiger partial charge in [0.15, 0.2) is 0 Å². The molecular weight excluding hydrogens is 208 g/mol. The van der Waals surface area contributed by atoms with E-state index in [2.05, 4.69) is 15.1 Å². The normalized spacial score (nSPS) is 10.9.